The van der Waals surface area contributed by atoms with Gasteiger partial charge in [-0.3, -0.25) is 0 Å². The first-order valence-electron chi connectivity index (χ1n) is 7.60. The molecule has 2 N–H and O–H groups in total. The van der Waals surface area contributed by atoms with Crippen molar-refractivity contribution < 1.29 is 28.9 Å². The highest BCUT2D eigenvalue weighted by molar-refractivity contribution is 5.80. The van der Waals surface area contributed by atoms with Gasteiger partial charge in [0.15, 0.2) is 11.5 Å². The summed E-state index contributed by atoms with van der Waals surface area (Å²) >= 11 is 0. The molecule has 1 aromatic rings. The summed E-state index contributed by atoms with van der Waals surface area (Å²) in [6, 6.07) is 4.33. The van der Waals surface area contributed by atoms with Crippen LogP contribution in [0.15, 0.2) is 18.2 Å². The second-order valence-corrected chi connectivity index (χ2v) is 6.23. The third kappa shape index (κ3) is 5.98. The second kappa shape index (κ2) is 8.42. The maximum absolute atomic E-state index is 11.8. The van der Waals surface area contributed by atoms with Gasteiger partial charge < -0.3 is 24.6 Å². The molecule has 7 heteroatoms. The highest BCUT2D eigenvalue weighted by Gasteiger charge is 2.24. The number of aryl methyl sites for hydroxylation is 1. The van der Waals surface area contributed by atoms with E-state index in [2.05, 4.69) is 5.32 Å². The van der Waals surface area contributed by atoms with Crippen molar-refractivity contribution >= 4 is 12.1 Å². The number of benzene rings is 1. The van der Waals surface area contributed by atoms with Crippen LogP contribution in [0.25, 0.3) is 0 Å². The number of rotatable bonds is 7. The Bertz CT molecular complexity index is 579. The van der Waals surface area contributed by atoms with Gasteiger partial charge in [0.1, 0.15) is 11.6 Å². The number of hydrogen-bond donors (Lipinski definition) is 2. The van der Waals surface area contributed by atoms with Crippen molar-refractivity contribution in [2.75, 3.05) is 14.2 Å². The summed E-state index contributed by atoms with van der Waals surface area (Å²) in [5.41, 5.74) is 0.109. The third-order valence-electron chi connectivity index (χ3n) is 3.18. The summed E-state index contributed by atoms with van der Waals surface area (Å²) in [6.45, 7) is 5.14. The lowest BCUT2D eigenvalue weighted by Crippen LogP contribution is -2.43. The van der Waals surface area contributed by atoms with E-state index < -0.39 is 23.7 Å². The first kappa shape index (κ1) is 19.6. The first-order chi connectivity index (χ1) is 11.2. The van der Waals surface area contributed by atoms with Crippen molar-refractivity contribution in [3.63, 3.8) is 0 Å². The van der Waals surface area contributed by atoms with Crippen LogP contribution in [0.3, 0.4) is 0 Å². The Balaban J connectivity index is 2.78. The summed E-state index contributed by atoms with van der Waals surface area (Å²) in [5, 5.41) is 11.7. The molecule has 0 fully saturated rings. The van der Waals surface area contributed by atoms with Gasteiger partial charge in [0.25, 0.3) is 0 Å². The molecule has 0 radical (unpaired) electrons. The Morgan fingerprint density at radius 1 is 1.21 bits per heavy atom. The van der Waals surface area contributed by atoms with Gasteiger partial charge >= 0.3 is 12.1 Å². The van der Waals surface area contributed by atoms with E-state index in [0.717, 1.165) is 5.56 Å². The van der Waals surface area contributed by atoms with Gasteiger partial charge in [-0.05, 0) is 45.2 Å². The number of methoxy groups -OCH3 is 2. The quantitative estimate of drug-likeness (QED) is 0.793. The van der Waals surface area contributed by atoms with Crippen LogP contribution in [-0.4, -0.2) is 43.0 Å². The summed E-state index contributed by atoms with van der Waals surface area (Å²) in [4.78, 5) is 23.1. The molecule has 0 aromatic heterocycles. The van der Waals surface area contributed by atoms with Gasteiger partial charge in [-0.15, -0.1) is 0 Å². The Morgan fingerprint density at radius 3 is 2.38 bits per heavy atom. The van der Waals surface area contributed by atoms with E-state index in [4.69, 9.17) is 14.2 Å². The van der Waals surface area contributed by atoms with Crippen LogP contribution in [0.4, 0.5) is 4.79 Å². The molecule has 0 bridgehead atoms. The summed E-state index contributed by atoms with van der Waals surface area (Å²) in [5.74, 6) is 0.00565. The van der Waals surface area contributed by atoms with E-state index in [1.807, 2.05) is 6.07 Å². The number of carboxylic acid groups (broad SMARTS) is 1. The van der Waals surface area contributed by atoms with Gasteiger partial charge in [0.2, 0.25) is 0 Å². The molecular weight excluding hydrogens is 314 g/mol. The zero-order valence-electron chi connectivity index (χ0n) is 14.7. The second-order valence-electron chi connectivity index (χ2n) is 6.23. The van der Waals surface area contributed by atoms with Gasteiger partial charge in [-0.2, -0.15) is 0 Å². The number of aliphatic carboxylic acids is 1. The van der Waals surface area contributed by atoms with Crippen molar-refractivity contribution in [3.8, 4) is 11.5 Å². The minimum atomic E-state index is -1.12. The fraction of sp³-hybridized carbons (Fsp3) is 0.529. The zero-order valence-corrected chi connectivity index (χ0v) is 14.7. The third-order valence-corrected chi connectivity index (χ3v) is 3.18. The molecule has 0 aliphatic heterocycles. The first-order valence-corrected chi connectivity index (χ1v) is 7.60. The average molecular weight is 339 g/mol. The molecule has 0 spiro atoms. The maximum Gasteiger partial charge on any atom is 0.408 e. The molecule has 134 valence electrons. The van der Waals surface area contributed by atoms with E-state index in [9.17, 15) is 14.7 Å². The lowest BCUT2D eigenvalue weighted by Gasteiger charge is -2.22. The van der Waals surface area contributed by atoms with Crippen molar-refractivity contribution in [1.82, 2.24) is 5.32 Å². The maximum atomic E-state index is 11.8. The molecule has 1 unspecified atom stereocenters. The number of carbonyl (C=O) groups excluding carboxylic acids is 1. The van der Waals surface area contributed by atoms with Crippen LogP contribution < -0.4 is 14.8 Å². The van der Waals surface area contributed by atoms with Crippen molar-refractivity contribution in [3.05, 3.63) is 23.8 Å². The van der Waals surface area contributed by atoms with Crippen molar-refractivity contribution in [1.29, 1.82) is 0 Å². The number of para-hydroxylation sites is 1. The van der Waals surface area contributed by atoms with E-state index >= 15 is 0 Å². The number of nitrogens with one attached hydrogen (secondary N) is 1. The number of hydrogen-bond acceptors (Lipinski definition) is 5. The molecular formula is C17H25NO6. The number of ether oxygens (including phenoxy) is 3. The minimum Gasteiger partial charge on any atom is -0.493 e. The van der Waals surface area contributed by atoms with Crippen LogP contribution in [0.2, 0.25) is 0 Å². The number of alkyl carbamates (subject to hydrolysis) is 1. The van der Waals surface area contributed by atoms with E-state index in [0.29, 0.717) is 17.9 Å². The monoisotopic (exact) mass is 339 g/mol. The normalized spacial score (nSPS) is 12.2. The highest BCUT2D eigenvalue weighted by Crippen LogP contribution is 2.31. The predicted molar refractivity (Wildman–Crippen MR) is 88.7 cm³/mol. The SMILES string of the molecule is COc1cccc(CCC(NC(=O)OC(C)(C)C)C(=O)O)c1OC. The van der Waals surface area contributed by atoms with Crippen LogP contribution in [0, 0.1) is 0 Å². The Hall–Kier alpha value is -2.44. The highest BCUT2D eigenvalue weighted by atomic mass is 16.6. The lowest BCUT2D eigenvalue weighted by atomic mass is 10.0. The molecule has 1 amide bonds. The van der Waals surface area contributed by atoms with Crippen molar-refractivity contribution in [2.45, 2.75) is 45.3 Å². The molecule has 24 heavy (non-hydrogen) atoms. The van der Waals surface area contributed by atoms with Crippen LogP contribution >= 0.6 is 0 Å². The molecule has 1 rings (SSSR count). The van der Waals surface area contributed by atoms with Crippen LogP contribution in [-0.2, 0) is 16.0 Å². The lowest BCUT2D eigenvalue weighted by molar-refractivity contribution is -0.139. The van der Waals surface area contributed by atoms with Gasteiger partial charge in [0.05, 0.1) is 14.2 Å². The van der Waals surface area contributed by atoms with Crippen LogP contribution in [0.1, 0.15) is 32.8 Å². The zero-order chi connectivity index (χ0) is 18.3. The van der Waals surface area contributed by atoms with E-state index in [-0.39, 0.29) is 6.42 Å². The molecule has 7 nitrogen and oxygen atoms in total. The van der Waals surface area contributed by atoms with E-state index in [1.165, 1.54) is 14.2 Å². The smallest absolute Gasteiger partial charge is 0.408 e. The molecule has 0 saturated heterocycles. The Morgan fingerprint density at radius 2 is 1.88 bits per heavy atom. The number of carboxylic acids is 1. The fourth-order valence-corrected chi connectivity index (χ4v) is 2.16. The number of carbonyl (C=O) groups is 2. The van der Waals surface area contributed by atoms with Crippen molar-refractivity contribution in [2.24, 2.45) is 0 Å². The van der Waals surface area contributed by atoms with Gasteiger partial charge in [-0.1, -0.05) is 12.1 Å². The van der Waals surface area contributed by atoms with Crippen LogP contribution in [0.5, 0.6) is 11.5 Å². The topological polar surface area (TPSA) is 94.1 Å². The minimum absolute atomic E-state index is 0.193. The standard InChI is InChI=1S/C17H25NO6/c1-17(2,3)24-16(21)18-12(15(19)20)10-9-11-7-6-8-13(22-4)14(11)23-5/h6-8,12H,9-10H2,1-5H3,(H,18,21)(H,19,20). The fourth-order valence-electron chi connectivity index (χ4n) is 2.16. The predicted octanol–water partition coefficient (Wildman–Crippen LogP) is 2.61. The van der Waals surface area contributed by atoms with Gasteiger partial charge in [0, 0.05) is 0 Å². The molecule has 0 saturated carbocycles. The summed E-state index contributed by atoms with van der Waals surface area (Å²) in [6.07, 6.45) is -0.168. The largest absolute Gasteiger partial charge is 0.493 e. The molecule has 0 aliphatic carbocycles. The Labute approximate surface area is 141 Å². The molecule has 1 atom stereocenters. The molecule has 1 aromatic carbocycles. The van der Waals surface area contributed by atoms with Gasteiger partial charge in [-0.25, -0.2) is 9.59 Å². The summed E-state index contributed by atoms with van der Waals surface area (Å²) < 4.78 is 15.6. The molecule has 0 aliphatic rings. The van der Waals surface area contributed by atoms with E-state index in [1.54, 1.807) is 32.9 Å². The summed E-state index contributed by atoms with van der Waals surface area (Å²) in [7, 11) is 3.06. The number of amides is 1. The average Bonchev–Trinajstić information content (AvgIpc) is 2.48. The Kier molecular flexibility index (Phi) is 6.88. The molecule has 0 heterocycles.